The lowest BCUT2D eigenvalue weighted by atomic mass is 10.2. The lowest BCUT2D eigenvalue weighted by molar-refractivity contribution is -0.116. The zero-order valence-corrected chi connectivity index (χ0v) is 10.1. The van der Waals surface area contributed by atoms with Crippen molar-refractivity contribution in [3.05, 3.63) is 11.8 Å². The largest absolute Gasteiger partial charge is 0.323 e. The molecule has 13 heavy (non-hydrogen) atoms. The number of Topliss-reactive ketones (excluding diaryl/α,β-unsaturated/α-hetero) is 1. The van der Waals surface area contributed by atoms with E-state index in [-0.39, 0.29) is 5.78 Å². The monoisotopic (exact) mass is 201 g/mol. The quantitative estimate of drug-likeness (QED) is 0.421. The van der Waals surface area contributed by atoms with Crippen molar-refractivity contribution in [2.45, 2.75) is 39.9 Å². The number of nitrogens with one attached hydrogen (secondary N) is 1. The van der Waals surface area contributed by atoms with Crippen molar-refractivity contribution >= 4 is 14.1 Å². The van der Waals surface area contributed by atoms with E-state index in [1.165, 1.54) is 0 Å². The van der Waals surface area contributed by atoms with Crippen LogP contribution in [-0.2, 0) is 9.32 Å². The highest BCUT2D eigenvalue weighted by atomic mass is 28.4. The van der Waals surface area contributed by atoms with E-state index < -0.39 is 8.32 Å². The van der Waals surface area contributed by atoms with Gasteiger partial charge in [-0.2, -0.15) is 0 Å². The van der Waals surface area contributed by atoms with E-state index in [0.717, 1.165) is 0 Å². The van der Waals surface area contributed by atoms with E-state index >= 15 is 0 Å². The SMILES string of the molecule is CC=C(NO[Si](C)(C)C)C(=O)CC. The van der Waals surface area contributed by atoms with E-state index in [9.17, 15) is 4.79 Å². The van der Waals surface area contributed by atoms with Crippen LogP contribution in [0.2, 0.25) is 19.6 Å². The molecule has 0 aromatic carbocycles. The normalized spacial score (nSPS) is 12.8. The van der Waals surface area contributed by atoms with Gasteiger partial charge in [-0.3, -0.25) is 10.3 Å². The second kappa shape index (κ2) is 5.19. The van der Waals surface area contributed by atoms with Gasteiger partial charge in [0.15, 0.2) is 5.78 Å². The minimum atomic E-state index is -1.60. The molecule has 0 atom stereocenters. The lowest BCUT2D eigenvalue weighted by Gasteiger charge is -2.18. The number of ketones is 1. The fourth-order valence-electron chi connectivity index (χ4n) is 0.675. The Labute approximate surface area is 81.3 Å². The highest BCUT2D eigenvalue weighted by Gasteiger charge is 2.16. The number of hydroxylamine groups is 1. The van der Waals surface area contributed by atoms with Crippen molar-refractivity contribution in [1.82, 2.24) is 5.48 Å². The van der Waals surface area contributed by atoms with Crippen LogP contribution in [0.5, 0.6) is 0 Å². The lowest BCUT2D eigenvalue weighted by Crippen LogP contribution is -2.34. The predicted octanol–water partition coefficient (Wildman–Crippen LogP) is 2.23. The number of carbonyl (C=O) groups is 1. The second-order valence-electron chi connectivity index (χ2n) is 3.80. The van der Waals surface area contributed by atoms with E-state index in [0.29, 0.717) is 12.1 Å². The standard InChI is InChI=1S/C9H19NO2Si/c1-6-8(9(11)7-2)10-12-13(3,4)5/h6,10H,7H2,1-5H3. The van der Waals surface area contributed by atoms with Crippen LogP contribution in [-0.4, -0.2) is 14.1 Å². The maximum Gasteiger partial charge on any atom is 0.220 e. The minimum Gasteiger partial charge on any atom is -0.323 e. The number of carbonyl (C=O) groups excluding carboxylic acids is 1. The van der Waals surface area contributed by atoms with E-state index in [1.54, 1.807) is 6.08 Å². The molecule has 0 saturated carbocycles. The van der Waals surface area contributed by atoms with Crippen LogP contribution in [0.3, 0.4) is 0 Å². The highest BCUT2D eigenvalue weighted by molar-refractivity contribution is 6.69. The van der Waals surface area contributed by atoms with Crippen LogP contribution in [0.25, 0.3) is 0 Å². The molecular weight excluding hydrogens is 182 g/mol. The molecule has 76 valence electrons. The summed E-state index contributed by atoms with van der Waals surface area (Å²) in [4.78, 5) is 11.3. The summed E-state index contributed by atoms with van der Waals surface area (Å²) in [6, 6.07) is 0. The molecule has 0 bridgehead atoms. The molecule has 0 saturated heterocycles. The van der Waals surface area contributed by atoms with Crippen LogP contribution in [0, 0.1) is 0 Å². The third kappa shape index (κ3) is 5.60. The molecule has 0 unspecified atom stereocenters. The molecule has 0 radical (unpaired) electrons. The van der Waals surface area contributed by atoms with Gasteiger partial charge in [0.1, 0.15) is 0 Å². The molecule has 0 spiro atoms. The van der Waals surface area contributed by atoms with Gasteiger partial charge in [-0.15, -0.1) is 0 Å². The average Bonchev–Trinajstić information content (AvgIpc) is 2.03. The van der Waals surface area contributed by atoms with E-state index in [1.807, 2.05) is 13.8 Å². The summed E-state index contributed by atoms with van der Waals surface area (Å²) in [5, 5.41) is 0. The van der Waals surface area contributed by atoms with Gasteiger partial charge in [0.2, 0.25) is 8.32 Å². The molecule has 0 aliphatic carbocycles. The van der Waals surface area contributed by atoms with Gasteiger partial charge in [0.25, 0.3) is 0 Å². The van der Waals surface area contributed by atoms with E-state index in [4.69, 9.17) is 4.53 Å². The maximum absolute atomic E-state index is 11.3. The van der Waals surface area contributed by atoms with Crippen LogP contribution in [0.4, 0.5) is 0 Å². The summed E-state index contributed by atoms with van der Waals surface area (Å²) in [5.74, 6) is 0.0840. The number of allylic oxidation sites excluding steroid dienone is 2. The van der Waals surface area contributed by atoms with Crippen LogP contribution in [0.1, 0.15) is 20.3 Å². The first-order valence-electron chi connectivity index (χ1n) is 4.54. The summed E-state index contributed by atoms with van der Waals surface area (Å²) >= 11 is 0. The molecule has 0 aliphatic heterocycles. The molecular formula is C9H19NO2Si. The first-order valence-corrected chi connectivity index (χ1v) is 7.95. The first kappa shape index (κ1) is 12.4. The number of hydrogen-bond donors (Lipinski definition) is 1. The zero-order valence-electron chi connectivity index (χ0n) is 9.10. The molecule has 1 N–H and O–H groups in total. The fraction of sp³-hybridized carbons (Fsp3) is 0.667. The summed E-state index contributed by atoms with van der Waals surface area (Å²) in [6.45, 7) is 9.84. The van der Waals surface area contributed by atoms with Gasteiger partial charge in [0, 0.05) is 6.42 Å². The molecule has 3 nitrogen and oxygen atoms in total. The topological polar surface area (TPSA) is 38.3 Å². The highest BCUT2D eigenvalue weighted by Crippen LogP contribution is 2.03. The van der Waals surface area contributed by atoms with Gasteiger partial charge in [-0.05, 0) is 26.6 Å². The Hall–Kier alpha value is -0.613. The van der Waals surface area contributed by atoms with Crippen molar-refractivity contribution in [3.63, 3.8) is 0 Å². The van der Waals surface area contributed by atoms with Gasteiger partial charge in [-0.1, -0.05) is 13.0 Å². The maximum atomic E-state index is 11.3. The summed E-state index contributed by atoms with van der Waals surface area (Å²) in [6.07, 6.45) is 2.24. The Bertz CT molecular complexity index is 206. The van der Waals surface area contributed by atoms with Crippen LogP contribution < -0.4 is 5.48 Å². The van der Waals surface area contributed by atoms with Gasteiger partial charge < -0.3 is 4.53 Å². The summed E-state index contributed by atoms with van der Waals surface area (Å²) < 4.78 is 5.41. The first-order chi connectivity index (χ1) is 5.90. The molecule has 0 aromatic rings. The number of rotatable bonds is 5. The molecule has 0 heterocycles. The summed E-state index contributed by atoms with van der Waals surface area (Å²) in [7, 11) is -1.60. The van der Waals surface area contributed by atoms with Gasteiger partial charge in [-0.25, -0.2) is 0 Å². The minimum absolute atomic E-state index is 0.0840. The Morgan fingerprint density at radius 2 is 2.00 bits per heavy atom. The van der Waals surface area contributed by atoms with Gasteiger partial charge in [0.05, 0.1) is 5.70 Å². The van der Waals surface area contributed by atoms with Crippen molar-refractivity contribution in [2.75, 3.05) is 0 Å². The molecule has 0 aromatic heterocycles. The molecule has 0 fully saturated rings. The Morgan fingerprint density at radius 3 is 2.31 bits per heavy atom. The Balaban J connectivity index is 4.10. The second-order valence-corrected chi connectivity index (χ2v) is 8.22. The third-order valence-corrected chi connectivity index (χ3v) is 2.09. The summed E-state index contributed by atoms with van der Waals surface area (Å²) in [5.41, 5.74) is 3.29. The molecule has 0 amide bonds. The fourth-order valence-corrected chi connectivity index (χ4v) is 1.09. The van der Waals surface area contributed by atoms with Crippen molar-refractivity contribution in [2.24, 2.45) is 0 Å². The van der Waals surface area contributed by atoms with Gasteiger partial charge >= 0.3 is 0 Å². The Kier molecular flexibility index (Phi) is 4.94. The van der Waals surface area contributed by atoms with Crippen molar-refractivity contribution in [1.29, 1.82) is 0 Å². The smallest absolute Gasteiger partial charge is 0.220 e. The molecule has 0 rings (SSSR count). The zero-order chi connectivity index (χ0) is 10.5. The van der Waals surface area contributed by atoms with Crippen LogP contribution >= 0.6 is 0 Å². The van der Waals surface area contributed by atoms with Crippen molar-refractivity contribution in [3.8, 4) is 0 Å². The molecule has 0 aliphatic rings. The molecule has 4 heteroatoms. The van der Waals surface area contributed by atoms with Crippen molar-refractivity contribution < 1.29 is 9.32 Å². The average molecular weight is 201 g/mol. The van der Waals surface area contributed by atoms with E-state index in [2.05, 4.69) is 25.1 Å². The van der Waals surface area contributed by atoms with Crippen LogP contribution in [0.15, 0.2) is 11.8 Å². The third-order valence-electron chi connectivity index (χ3n) is 1.38. The predicted molar refractivity (Wildman–Crippen MR) is 56.6 cm³/mol. The number of hydrogen-bond acceptors (Lipinski definition) is 3. The Morgan fingerprint density at radius 1 is 1.46 bits per heavy atom.